The molecular weight excluding hydrogens is 438 g/mol. The van der Waals surface area contributed by atoms with Gasteiger partial charge in [0.05, 0.1) is 31.6 Å². The van der Waals surface area contributed by atoms with Gasteiger partial charge in [-0.3, -0.25) is 29.5 Å². The maximum absolute atomic E-state index is 13.1. The van der Waals surface area contributed by atoms with Crippen LogP contribution >= 0.6 is 0 Å². The maximum atomic E-state index is 13.1. The molecule has 0 aliphatic carbocycles. The summed E-state index contributed by atoms with van der Waals surface area (Å²) in [6.07, 6.45) is 4.97. The molecule has 1 aliphatic rings. The minimum Gasteiger partial charge on any atom is -0.491 e. The second-order valence-corrected chi connectivity index (χ2v) is 7.48. The lowest BCUT2D eigenvalue weighted by molar-refractivity contribution is -0.117. The highest BCUT2D eigenvalue weighted by Crippen LogP contribution is 2.40. The fraction of sp³-hybridized carbons (Fsp3) is 0.435. The van der Waals surface area contributed by atoms with Crippen LogP contribution in [0.15, 0.2) is 38.9 Å². The predicted molar refractivity (Wildman–Crippen MR) is 134 cm³/mol. The van der Waals surface area contributed by atoms with Crippen LogP contribution in [0.5, 0.6) is 11.5 Å². The second-order valence-electron chi connectivity index (χ2n) is 7.48. The van der Waals surface area contributed by atoms with E-state index in [-0.39, 0.29) is 36.1 Å². The highest BCUT2D eigenvalue weighted by atomic mass is 16.5. The number of nitrogens with two attached hydrogens (primary N) is 1. The monoisotopic (exact) mass is 471 g/mol. The molecule has 0 unspecified atom stereocenters. The number of rotatable bonds is 13. The van der Waals surface area contributed by atoms with Crippen molar-refractivity contribution in [3.05, 3.63) is 29.5 Å². The van der Waals surface area contributed by atoms with E-state index in [0.29, 0.717) is 18.1 Å². The standard InChI is InChI=1S/C23H33N7O4/c1-25-13-17(14-27-15-24)22(31)28-16-29(3)23(32)18-7-8-19(21(33-4)20(18)26-2)34-12-11-30-9-5-6-10-30/h7-8,13-14H,1-2,5-6,9-12,15-16,24H2,3-4H3,(H,28,31)/b17-13+,27-14-. The molecule has 1 saturated heterocycles. The van der Waals surface area contributed by atoms with Crippen molar-refractivity contribution in [2.24, 2.45) is 20.7 Å². The second kappa shape index (κ2) is 13.9. The van der Waals surface area contributed by atoms with E-state index in [1.54, 1.807) is 19.2 Å². The number of carbonyl (C=O) groups excluding carboxylic acids is 2. The third kappa shape index (κ3) is 7.22. The number of hydrogen-bond acceptors (Lipinski definition) is 9. The van der Waals surface area contributed by atoms with Gasteiger partial charge in [-0.2, -0.15) is 0 Å². The summed E-state index contributed by atoms with van der Waals surface area (Å²) in [5, 5.41) is 2.63. The number of aliphatic imine (C=N–C) groups is 3. The van der Waals surface area contributed by atoms with Gasteiger partial charge in [0.1, 0.15) is 12.3 Å². The Bertz CT molecular complexity index is 939. The number of likely N-dealkylation sites (tertiary alicyclic amines) is 1. The first-order chi connectivity index (χ1) is 16.5. The topological polar surface area (TPSA) is 134 Å². The zero-order chi connectivity index (χ0) is 24.9. The highest BCUT2D eigenvalue weighted by molar-refractivity contribution is 6.12. The van der Waals surface area contributed by atoms with Crippen LogP contribution in [0.25, 0.3) is 0 Å². The van der Waals surface area contributed by atoms with Gasteiger partial charge in [0.25, 0.3) is 11.8 Å². The molecular formula is C23H33N7O4. The van der Waals surface area contributed by atoms with Gasteiger partial charge in [-0.1, -0.05) is 0 Å². The van der Waals surface area contributed by atoms with Gasteiger partial charge in [0.2, 0.25) is 0 Å². The predicted octanol–water partition coefficient (Wildman–Crippen LogP) is 1.22. The van der Waals surface area contributed by atoms with Crippen LogP contribution in [0.4, 0.5) is 5.69 Å². The van der Waals surface area contributed by atoms with Gasteiger partial charge >= 0.3 is 0 Å². The summed E-state index contributed by atoms with van der Waals surface area (Å²) in [4.78, 5) is 40.5. The smallest absolute Gasteiger partial charge is 0.257 e. The molecule has 0 atom stereocenters. The number of amides is 2. The Hall–Kier alpha value is -3.57. The minimum absolute atomic E-state index is 0.0251. The first-order valence-electron chi connectivity index (χ1n) is 10.9. The molecule has 1 aromatic rings. The summed E-state index contributed by atoms with van der Waals surface area (Å²) < 4.78 is 11.4. The Labute approximate surface area is 200 Å². The number of ether oxygens (including phenoxy) is 2. The molecule has 1 aliphatic heterocycles. The average Bonchev–Trinajstić information content (AvgIpc) is 3.37. The van der Waals surface area contributed by atoms with E-state index < -0.39 is 5.91 Å². The molecule has 1 aromatic carbocycles. The van der Waals surface area contributed by atoms with E-state index in [2.05, 4.69) is 38.6 Å². The lowest BCUT2D eigenvalue weighted by atomic mass is 10.1. The molecule has 0 bridgehead atoms. The van der Waals surface area contributed by atoms with Gasteiger partial charge in [-0.25, -0.2) is 0 Å². The fourth-order valence-corrected chi connectivity index (χ4v) is 3.45. The van der Waals surface area contributed by atoms with E-state index in [1.165, 1.54) is 37.3 Å². The third-order valence-electron chi connectivity index (χ3n) is 5.20. The maximum Gasteiger partial charge on any atom is 0.257 e. The lowest BCUT2D eigenvalue weighted by Gasteiger charge is -2.21. The molecule has 0 saturated carbocycles. The molecule has 1 heterocycles. The summed E-state index contributed by atoms with van der Waals surface area (Å²) in [7, 11) is 3.03. The molecule has 11 heteroatoms. The van der Waals surface area contributed by atoms with Crippen molar-refractivity contribution >= 4 is 37.2 Å². The zero-order valence-electron chi connectivity index (χ0n) is 19.8. The van der Waals surface area contributed by atoms with Crippen LogP contribution in [-0.2, 0) is 4.79 Å². The minimum atomic E-state index is -0.481. The van der Waals surface area contributed by atoms with Gasteiger partial charge < -0.3 is 25.4 Å². The molecule has 11 nitrogen and oxygen atoms in total. The Morgan fingerprint density at radius 3 is 2.65 bits per heavy atom. The molecule has 3 N–H and O–H groups in total. The van der Waals surface area contributed by atoms with Crippen molar-refractivity contribution in [3.8, 4) is 11.5 Å². The number of hydrogen-bond donors (Lipinski definition) is 2. The average molecular weight is 472 g/mol. The molecule has 0 aromatic heterocycles. The van der Waals surface area contributed by atoms with Crippen molar-refractivity contribution in [2.75, 3.05) is 53.7 Å². The zero-order valence-corrected chi connectivity index (χ0v) is 19.8. The van der Waals surface area contributed by atoms with Crippen molar-refractivity contribution in [3.63, 3.8) is 0 Å². The number of carbonyl (C=O) groups is 2. The van der Waals surface area contributed by atoms with Gasteiger partial charge in [0, 0.05) is 26.0 Å². The Morgan fingerprint density at radius 1 is 1.29 bits per heavy atom. The summed E-state index contributed by atoms with van der Waals surface area (Å²) in [5.41, 5.74) is 6.03. The number of nitrogens with zero attached hydrogens (tertiary/aromatic N) is 5. The van der Waals surface area contributed by atoms with Crippen LogP contribution < -0.4 is 20.5 Å². The van der Waals surface area contributed by atoms with E-state index >= 15 is 0 Å². The Morgan fingerprint density at radius 2 is 2.03 bits per heavy atom. The first kappa shape index (κ1) is 26.7. The van der Waals surface area contributed by atoms with Gasteiger partial charge in [0.15, 0.2) is 11.5 Å². The van der Waals surface area contributed by atoms with Crippen molar-refractivity contribution in [1.82, 2.24) is 15.1 Å². The van der Waals surface area contributed by atoms with Crippen LogP contribution in [0.1, 0.15) is 23.2 Å². The summed E-state index contributed by atoms with van der Waals surface area (Å²) in [6.45, 7) is 10.3. The van der Waals surface area contributed by atoms with Crippen LogP contribution in [-0.4, -0.2) is 95.0 Å². The Kier molecular flexibility index (Phi) is 10.9. The van der Waals surface area contributed by atoms with E-state index in [9.17, 15) is 9.59 Å². The summed E-state index contributed by atoms with van der Waals surface area (Å²) in [6, 6.07) is 3.29. The number of benzene rings is 1. The van der Waals surface area contributed by atoms with Crippen molar-refractivity contribution < 1.29 is 19.1 Å². The van der Waals surface area contributed by atoms with Gasteiger partial charge in [-0.05, 0) is 51.5 Å². The third-order valence-corrected chi connectivity index (χ3v) is 5.20. The molecule has 0 radical (unpaired) electrons. The van der Waals surface area contributed by atoms with Crippen molar-refractivity contribution in [2.45, 2.75) is 12.8 Å². The summed E-state index contributed by atoms with van der Waals surface area (Å²) in [5.74, 6) is -0.0410. The first-order valence-corrected chi connectivity index (χ1v) is 10.9. The molecule has 1 fully saturated rings. The van der Waals surface area contributed by atoms with E-state index in [4.69, 9.17) is 15.2 Å². The van der Waals surface area contributed by atoms with Crippen molar-refractivity contribution in [1.29, 1.82) is 0 Å². The Balaban J connectivity index is 2.08. The number of methoxy groups -OCH3 is 1. The lowest BCUT2D eigenvalue weighted by Crippen LogP contribution is -2.39. The quantitative estimate of drug-likeness (QED) is 0.252. The van der Waals surface area contributed by atoms with Crippen LogP contribution in [0, 0.1) is 0 Å². The fourth-order valence-electron chi connectivity index (χ4n) is 3.45. The molecule has 2 amide bonds. The van der Waals surface area contributed by atoms with E-state index in [1.807, 2.05) is 0 Å². The molecule has 0 spiro atoms. The van der Waals surface area contributed by atoms with Crippen LogP contribution in [0.3, 0.4) is 0 Å². The normalized spacial score (nSPS) is 14.1. The van der Waals surface area contributed by atoms with Gasteiger partial charge in [-0.15, -0.1) is 0 Å². The molecule has 34 heavy (non-hydrogen) atoms. The highest BCUT2D eigenvalue weighted by Gasteiger charge is 2.22. The van der Waals surface area contributed by atoms with Crippen LogP contribution in [0.2, 0.25) is 0 Å². The molecule has 184 valence electrons. The summed E-state index contributed by atoms with van der Waals surface area (Å²) >= 11 is 0. The largest absolute Gasteiger partial charge is 0.491 e. The SMILES string of the molecule is C=N/C=C(\C=N/CN)C(=O)NCN(C)C(=O)c1ccc(OCCN2CCCC2)c(OC)c1N=C. The molecule has 2 rings (SSSR count). The number of nitrogens with one attached hydrogen (secondary N) is 1. The van der Waals surface area contributed by atoms with E-state index in [0.717, 1.165) is 19.6 Å².